The van der Waals surface area contributed by atoms with Gasteiger partial charge in [0.2, 0.25) is 5.91 Å². The van der Waals surface area contributed by atoms with Gasteiger partial charge in [-0.3, -0.25) is 14.4 Å². The molecule has 6 heteroatoms. The number of anilines is 1. The van der Waals surface area contributed by atoms with Gasteiger partial charge in [0.1, 0.15) is 12.3 Å². The van der Waals surface area contributed by atoms with Crippen molar-refractivity contribution >= 4 is 23.9 Å². The van der Waals surface area contributed by atoms with E-state index in [1.54, 1.807) is 29.0 Å². The van der Waals surface area contributed by atoms with Gasteiger partial charge < -0.3 is 14.9 Å². The van der Waals surface area contributed by atoms with Gasteiger partial charge in [0.25, 0.3) is 0 Å². The zero-order valence-electron chi connectivity index (χ0n) is 15.2. The van der Waals surface area contributed by atoms with E-state index in [-0.39, 0.29) is 12.3 Å². The topological polar surface area (TPSA) is 77.9 Å². The lowest BCUT2D eigenvalue weighted by molar-refractivity contribution is -0.142. The molecule has 0 saturated heterocycles. The van der Waals surface area contributed by atoms with Crippen molar-refractivity contribution in [2.75, 3.05) is 18.5 Å². The van der Waals surface area contributed by atoms with Crippen LogP contribution in [0.4, 0.5) is 5.69 Å². The van der Waals surface area contributed by atoms with E-state index in [0.29, 0.717) is 25.1 Å². The molecule has 0 spiro atoms. The lowest BCUT2D eigenvalue weighted by atomic mass is 10.1. The summed E-state index contributed by atoms with van der Waals surface area (Å²) < 4.78 is 0. The lowest BCUT2D eigenvalue weighted by Gasteiger charge is -2.29. The minimum Gasteiger partial charge on any atom is -0.481 e. The molecule has 2 aromatic carbocycles. The summed E-state index contributed by atoms with van der Waals surface area (Å²) in [6.07, 6.45) is 1.15. The number of aldehydes is 1. The number of rotatable bonds is 6. The Balaban J connectivity index is 1.92. The summed E-state index contributed by atoms with van der Waals surface area (Å²) in [4.78, 5) is 39.0. The Labute approximate surface area is 158 Å². The van der Waals surface area contributed by atoms with E-state index < -0.39 is 12.0 Å². The van der Waals surface area contributed by atoms with E-state index in [9.17, 15) is 19.5 Å². The third-order valence-corrected chi connectivity index (χ3v) is 4.93. The van der Waals surface area contributed by atoms with E-state index in [4.69, 9.17) is 0 Å². The Bertz CT molecular complexity index is 851. The molecule has 3 rings (SSSR count). The molecule has 0 radical (unpaired) electrons. The molecule has 1 heterocycles. The third kappa shape index (κ3) is 4.16. The summed E-state index contributed by atoms with van der Waals surface area (Å²) in [5, 5.41) is 9.28. The quantitative estimate of drug-likeness (QED) is 0.794. The first-order chi connectivity index (χ1) is 13.0. The van der Waals surface area contributed by atoms with Gasteiger partial charge >= 0.3 is 5.97 Å². The van der Waals surface area contributed by atoms with Crippen LogP contribution in [0.5, 0.6) is 0 Å². The van der Waals surface area contributed by atoms with E-state index in [0.717, 1.165) is 23.1 Å². The molecule has 0 fully saturated rings. The van der Waals surface area contributed by atoms with Crippen LogP contribution < -0.4 is 4.90 Å². The largest absolute Gasteiger partial charge is 0.481 e. The predicted octanol–water partition coefficient (Wildman–Crippen LogP) is 2.36. The number of carbonyl (C=O) groups is 3. The first-order valence-corrected chi connectivity index (χ1v) is 8.85. The van der Waals surface area contributed by atoms with Crippen molar-refractivity contribution in [1.82, 2.24) is 4.90 Å². The summed E-state index contributed by atoms with van der Waals surface area (Å²) in [6, 6.07) is 14.3. The van der Waals surface area contributed by atoms with Gasteiger partial charge in [-0.25, -0.2) is 0 Å². The lowest BCUT2D eigenvalue weighted by Crippen LogP contribution is -2.46. The van der Waals surface area contributed by atoms with Crippen LogP contribution in [0.15, 0.2) is 48.5 Å². The molecule has 140 valence electrons. The Morgan fingerprint density at radius 2 is 1.96 bits per heavy atom. The van der Waals surface area contributed by atoms with Crippen molar-refractivity contribution in [3.8, 4) is 0 Å². The zero-order chi connectivity index (χ0) is 19.4. The molecule has 0 bridgehead atoms. The van der Waals surface area contributed by atoms with E-state index in [1.165, 1.54) is 0 Å². The van der Waals surface area contributed by atoms with Gasteiger partial charge in [-0.2, -0.15) is 0 Å². The fraction of sp³-hybridized carbons (Fsp3) is 0.286. The second kappa shape index (κ2) is 8.03. The standard InChI is InChI=1S/C21H22N2O4/c1-22-18-11-16(14-24)7-8-17(18)13-23(21(27)19(22)12-20(25)26)10-9-15-5-3-2-4-6-15/h2-8,11,14,19H,9-10,12-13H2,1H3,(H,25,26). The average molecular weight is 366 g/mol. The average Bonchev–Trinajstić information content (AvgIpc) is 2.77. The Kier molecular flexibility index (Phi) is 5.54. The number of fused-ring (bicyclic) bond motifs is 1. The van der Waals surface area contributed by atoms with Crippen LogP contribution in [0.1, 0.15) is 27.9 Å². The van der Waals surface area contributed by atoms with E-state index in [2.05, 4.69) is 0 Å². The molecule has 6 nitrogen and oxygen atoms in total. The fourth-order valence-electron chi connectivity index (χ4n) is 3.43. The first-order valence-electron chi connectivity index (χ1n) is 8.85. The summed E-state index contributed by atoms with van der Waals surface area (Å²) in [7, 11) is 1.71. The van der Waals surface area contributed by atoms with Gasteiger partial charge in [0.05, 0.1) is 6.42 Å². The van der Waals surface area contributed by atoms with Crippen LogP contribution in [0, 0.1) is 0 Å². The van der Waals surface area contributed by atoms with Gasteiger partial charge in [-0.05, 0) is 23.6 Å². The molecular formula is C21H22N2O4. The molecular weight excluding hydrogens is 344 g/mol. The highest BCUT2D eigenvalue weighted by atomic mass is 16.4. The Morgan fingerprint density at radius 1 is 1.22 bits per heavy atom. The van der Waals surface area contributed by atoms with Crippen LogP contribution in [0.25, 0.3) is 0 Å². The maximum atomic E-state index is 13.1. The maximum absolute atomic E-state index is 13.1. The molecule has 2 aromatic rings. The predicted molar refractivity (Wildman–Crippen MR) is 102 cm³/mol. The summed E-state index contributed by atoms with van der Waals surface area (Å²) >= 11 is 0. The van der Waals surface area contributed by atoms with Crippen LogP contribution >= 0.6 is 0 Å². The molecule has 0 aliphatic carbocycles. The zero-order valence-corrected chi connectivity index (χ0v) is 15.2. The number of carbonyl (C=O) groups excluding carboxylic acids is 2. The highest BCUT2D eigenvalue weighted by Gasteiger charge is 2.34. The number of amides is 1. The van der Waals surface area contributed by atoms with Crippen molar-refractivity contribution in [2.24, 2.45) is 0 Å². The molecule has 27 heavy (non-hydrogen) atoms. The number of hydrogen-bond acceptors (Lipinski definition) is 4. The SMILES string of the molecule is CN1c2cc(C=O)ccc2CN(CCc2ccccc2)C(=O)C1CC(=O)O. The minimum absolute atomic E-state index is 0.209. The first kappa shape index (κ1) is 18.6. The highest BCUT2D eigenvalue weighted by molar-refractivity contribution is 5.91. The second-order valence-electron chi connectivity index (χ2n) is 6.73. The van der Waals surface area contributed by atoms with Gasteiger partial charge in [-0.1, -0.05) is 42.5 Å². The summed E-state index contributed by atoms with van der Waals surface area (Å²) in [6.45, 7) is 0.891. The number of carboxylic acids is 1. The van der Waals surface area contributed by atoms with E-state index in [1.807, 2.05) is 36.4 Å². The second-order valence-corrected chi connectivity index (χ2v) is 6.73. The normalized spacial score (nSPS) is 16.6. The van der Waals surface area contributed by atoms with Gasteiger partial charge in [0, 0.05) is 31.4 Å². The number of likely N-dealkylation sites (N-methyl/N-ethyl adjacent to an activating group) is 1. The van der Waals surface area contributed by atoms with Crippen molar-refractivity contribution in [3.63, 3.8) is 0 Å². The molecule has 1 aliphatic rings. The number of benzene rings is 2. The van der Waals surface area contributed by atoms with Crippen LogP contribution in [-0.4, -0.2) is 47.8 Å². The maximum Gasteiger partial charge on any atom is 0.305 e. The summed E-state index contributed by atoms with van der Waals surface area (Å²) in [5.41, 5.74) is 3.24. The van der Waals surface area contributed by atoms with Crippen LogP contribution in [0.3, 0.4) is 0 Å². The minimum atomic E-state index is -1.03. The Morgan fingerprint density at radius 3 is 2.63 bits per heavy atom. The molecule has 1 aliphatic heterocycles. The van der Waals surface area contributed by atoms with Crippen molar-refractivity contribution in [3.05, 3.63) is 65.2 Å². The number of hydrogen-bond donors (Lipinski definition) is 1. The Hall–Kier alpha value is -3.15. The van der Waals surface area contributed by atoms with Crippen molar-refractivity contribution in [1.29, 1.82) is 0 Å². The van der Waals surface area contributed by atoms with Crippen molar-refractivity contribution < 1.29 is 19.5 Å². The number of carboxylic acid groups (broad SMARTS) is 1. The fourth-order valence-corrected chi connectivity index (χ4v) is 3.43. The molecule has 1 amide bonds. The highest BCUT2D eigenvalue weighted by Crippen LogP contribution is 2.29. The van der Waals surface area contributed by atoms with Gasteiger partial charge in [0.15, 0.2) is 0 Å². The van der Waals surface area contributed by atoms with Crippen LogP contribution in [-0.2, 0) is 22.6 Å². The van der Waals surface area contributed by atoms with E-state index >= 15 is 0 Å². The summed E-state index contributed by atoms with van der Waals surface area (Å²) in [5.74, 6) is -1.24. The third-order valence-electron chi connectivity index (χ3n) is 4.93. The monoisotopic (exact) mass is 366 g/mol. The molecule has 1 unspecified atom stereocenters. The van der Waals surface area contributed by atoms with Gasteiger partial charge in [-0.15, -0.1) is 0 Å². The number of nitrogens with zero attached hydrogens (tertiary/aromatic N) is 2. The molecule has 0 aromatic heterocycles. The smallest absolute Gasteiger partial charge is 0.305 e. The van der Waals surface area contributed by atoms with Crippen LogP contribution in [0.2, 0.25) is 0 Å². The van der Waals surface area contributed by atoms with Crippen molar-refractivity contribution in [2.45, 2.75) is 25.4 Å². The molecule has 1 atom stereocenters. The molecule has 1 N–H and O–H groups in total. The number of aliphatic carboxylic acids is 1. The molecule has 0 saturated carbocycles.